The van der Waals surface area contributed by atoms with Crippen LogP contribution in [0.3, 0.4) is 0 Å². The Kier molecular flexibility index (Phi) is 7.10. The van der Waals surface area contributed by atoms with Crippen LogP contribution in [0.2, 0.25) is 0 Å². The van der Waals surface area contributed by atoms with Gasteiger partial charge in [0, 0.05) is 18.7 Å². The third-order valence-corrected chi connectivity index (χ3v) is 5.89. The molecule has 196 valence electrons. The Balaban J connectivity index is 1.43. The van der Waals surface area contributed by atoms with E-state index in [1.807, 2.05) is 4.90 Å². The van der Waals surface area contributed by atoms with Gasteiger partial charge in [0.05, 0.1) is 11.9 Å². The zero-order valence-electron chi connectivity index (χ0n) is 20.2. The van der Waals surface area contributed by atoms with E-state index in [2.05, 4.69) is 15.3 Å². The molecule has 0 unspecified atom stereocenters. The topological polar surface area (TPSA) is 124 Å². The number of hydrogen-bond donors (Lipinski definition) is 2. The van der Waals surface area contributed by atoms with Crippen LogP contribution in [0.5, 0.6) is 0 Å². The van der Waals surface area contributed by atoms with Gasteiger partial charge in [-0.2, -0.15) is 13.2 Å². The number of hydrogen-bond acceptors (Lipinski definition) is 7. The van der Waals surface area contributed by atoms with Gasteiger partial charge in [0.25, 0.3) is 5.91 Å². The molecule has 1 aliphatic heterocycles. The molecule has 1 saturated heterocycles. The van der Waals surface area contributed by atoms with E-state index in [4.69, 9.17) is 14.9 Å². The molecule has 3 N–H and O–H groups in total. The fraction of sp³-hybridized carbons (Fsp3) is 0.360. The Morgan fingerprint density at radius 1 is 1.19 bits per heavy atom. The Morgan fingerprint density at radius 3 is 2.54 bits per heavy atom. The van der Waals surface area contributed by atoms with Crippen molar-refractivity contribution in [1.29, 1.82) is 0 Å². The van der Waals surface area contributed by atoms with Gasteiger partial charge in [0.15, 0.2) is 5.69 Å². The second-order valence-corrected chi connectivity index (χ2v) is 9.41. The van der Waals surface area contributed by atoms with Crippen molar-refractivity contribution in [2.45, 2.75) is 38.5 Å². The number of aromatic nitrogens is 2. The number of amides is 2. The van der Waals surface area contributed by atoms with E-state index < -0.39 is 35.2 Å². The Labute approximate surface area is 210 Å². The normalized spacial score (nSPS) is 16.0. The number of halogens is 3. The summed E-state index contributed by atoms with van der Waals surface area (Å²) in [5, 5.41) is 2.41. The first-order valence-corrected chi connectivity index (χ1v) is 11.6. The van der Waals surface area contributed by atoms with Crippen molar-refractivity contribution in [3.63, 3.8) is 0 Å². The predicted octanol–water partition coefficient (Wildman–Crippen LogP) is 5.10. The van der Waals surface area contributed by atoms with Gasteiger partial charge in [-0.25, -0.2) is 14.8 Å². The standard InChI is InChI=1S/C25H26F3N5O4/c1-24(2,37-23(29)35)12-15-10-11-33(14-15)18-9-8-17(13-30-18)31-21(34)19-20(25(26,27)28)36-22(32-19)16-6-4-3-5-7-16/h3-9,13,15H,10-12,14H2,1-2H3,(H2,29,35)(H,31,34)/t15-/m0/s1. The molecule has 0 bridgehead atoms. The number of nitrogens with one attached hydrogen (secondary N) is 1. The Morgan fingerprint density at radius 2 is 1.92 bits per heavy atom. The average molecular weight is 518 g/mol. The predicted molar refractivity (Wildman–Crippen MR) is 129 cm³/mol. The van der Waals surface area contributed by atoms with Crippen molar-refractivity contribution in [2.75, 3.05) is 23.3 Å². The van der Waals surface area contributed by atoms with Gasteiger partial charge in [-0.1, -0.05) is 18.2 Å². The lowest BCUT2D eigenvalue weighted by Gasteiger charge is -2.27. The zero-order chi connectivity index (χ0) is 26.8. The number of ether oxygens (including phenoxy) is 1. The first kappa shape index (κ1) is 26.0. The van der Waals surface area contributed by atoms with E-state index in [1.54, 1.807) is 44.2 Å². The third-order valence-electron chi connectivity index (χ3n) is 5.89. The number of oxazole rings is 1. The van der Waals surface area contributed by atoms with E-state index in [1.165, 1.54) is 18.3 Å². The molecule has 0 spiro atoms. The third kappa shape index (κ3) is 6.38. The minimum Gasteiger partial charge on any atom is -0.444 e. The highest BCUT2D eigenvalue weighted by Crippen LogP contribution is 2.36. The van der Waals surface area contributed by atoms with Gasteiger partial charge in [0.2, 0.25) is 11.7 Å². The Bertz CT molecular complexity index is 1260. The molecule has 3 aromatic rings. The minimum absolute atomic E-state index is 0.206. The minimum atomic E-state index is -4.90. The second-order valence-electron chi connectivity index (χ2n) is 9.41. The van der Waals surface area contributed by atoms with Gasteiger partial charge in [-0.3, -0.25) is 4.79 Å². The molecule has 3 heterocycles. The maximum absolute atomic E-state index is 13.5. The summed E-state index contributed by atoms with van der Waals surface area (Å²) in [6.45, 7) is 5.02. The number of pyridine rings is 1. The van der Waals surface area contributed by atoms with Crippen LogP contribution in [-0.4, -0.2) is 40.7 Å². The lowest BCUT2D eigenvalue weighted by atomic mass is 9.93. The largest absolute Gasteiger partial charge is 0.452 e. The lowest BCUT2D eigenvalue weighted by Crippen LogP contribution is -2.34. The summed E-state index contributed by atoms with van der Waals surface area (Å²) in [4.78, 5) is 34.0. The first-order chi connectivity index (χ1) is 17.4. The van der Waals surface area contributed by atoms with Crippen LogP contribution in [0.4, 0.5) is 29.5 Å². The molecule has 9 nitrogen and oxygen atoms in total. The maximum atomic E-state index is 13.5. The van der Waals surface area contributed by atoms with Crippen LogP contribution in [-0.2, 0) is 10.9 Å². The molecule has 1 aromatic carbocycles. The molecule has 0 saturated carbocycles. The smallest absolute Gasteiger partial charge is 0.444 e. The number of nitrogens with zero attached hydrogens (tertiary/aromatic N) is 3. The molecule has 1 atom stereocenters. The number of carbonyl (C=O) groups is 2. The quantitative estimate of drug-likeness (QED) is 0.447. The maximum Gasteiger partial charge on any atom is 0.452 e. The molecule has 0 aliphatic carbocycles. The summed E-state index contributed by atoms with van der Waals surface area (Å²) < 4.78 is 50.7. The lowest BCUT2D eigenvalue weighted by molar-refractivity contribution is -0.153. The molecule has 37 heavy (non-hydrogen) atoms. The van der Waals surface area contributed by atoms with Crippen molar-refractivity contribution in [3.05, 3.63) is 60.1 Å². The number of carbonyl (C=O) groups excluding carboxylic acids is 2. The number of benzene rings is 1. The highest BCUT2D eigenvalue weighted by Gasteiger charge is 2.42. The molecule has 1 fully saturated rings. The average Bonchev–Trinajstić information content (AvgIpc) is 3.46. The molecule has 1 aliphatic rings. The van der Waals surface area contributed by atoms with Crippen molar-refractivity contribution < 1.29 is 31.9 Å². The fourth-order valence-corrected chi connectivity index (χ4v) is 4.42. The summed E-state index contributed by atoms with van der Waals surface area (Å²) in [6.07, 6.45) is -2.86. The highest BCUT2D eigenvalue weighted by atomic mass is 19.4. The summed E-state index contributed by atoms with van der Waals surface area (Å²) >= 11 is 0. The van der Waals surface area contributed by atoms with Crippen LogP contribution in [0.25, 0.3) is 11.5 Å². The molecule has 0 radical (unpaired) electrons. The second kappa shape index (κ2) is 10.1. The van der Waals surface area contributed by atoms with Crippen LogP contribution in [0, 0.1) is 5.92 Å². The summed E-state index contributed by atoms with van der Waals surface area (Å²) in [5.74, 6) is -1.94. The molecular formula is C25H26F3N5O4. The summed E-state index contributed by atoms with van der Waals surface area (Å²) in [6, 6.07) is 11.2. The molecule has 2 amide bonds. The van der Waals surface area contributed by atoms with E-state index in [-0.39, 0.29) is 17.5 Å². The number of rotatable bonds is 7. The fourth-order valence-electron chi connectivity index (χ4n) is 4.42. The van der Waals surface area contributed by atoms with Gasteiger partial charge in [0.1, 0.15) is 11.4 Å². The first-order valence-electron chi connectivity index (χ1n) is 11.6. The molecule has 4 rings (SSSR count). The van der Waals surface area contributed by atoms with E-state index in [0.717, 1.165) is 13.0 Å². The SMILES string of the molecule is CC(C)(C[C@@H]1CCN(c2ccc(NC(=O)c3nc(-c4ccccc4)oc3C(F)(F)F)cn2)C1)OC(N)=O. The highest BCUT2D eigenvalue weighted by molar-refractivity contribution is 6.04. The number of nitrogens with two attached hydrogens (primary N) is 1. The van der Waals surface area contributed by atoms with Crippen LogP contribution < -0.4 is 16.0 Å². The monoisotopic (exact) mass is 517 g/mol. The molecular weight excluding hydrogens is 491 g/mol. The number of primary amides is 1. The molecule has 12 heteroatoms. The zero-order valence-corrected chi connectivity index (χ0v) is 20.2. The van der Waals surface area contributed by atoms with Crippen molar-refractivity contribution in [2.24, 2.45) is 11.7 Å². The van der Waals surface area contributed by atoms with E-state index >= 15 is 0 Å². The van der Waals surface area contributed by atoms with Gasteiger partial charge >= 0.3 is 12.3 Å². The van der Waals surface area contributed by atoms with Gasteiger partial charge in [-0.15, -0.1) is 0 Å². The van der Waals surface area contributed by atoms with Crippen molar-refractivity contribution in [1.82, 2.24) is 9.97 Å². The summed E-state index contributed by atoms with van der Waals surface area (Å²) in [5.41, 5.74) is 4.10. The van der Waals surface area contributed by atoms with E-state index in [9.17, 15) is 22.8 Å². The number of anilines is 2. The summed E-state index contributed by atoms with van der Waals surface area (Å²) in [7, 11) is 0. The van der Waals surface area contributed by atoms with Gasteiger partial charge < -0.3 is 25.1 Å². The van der Waals surface area contributed by atoms with Crippen molar-refractivity contribution in [3.8, 4) is 11.5 Å². The van der Waals surface area contributed by atoms with Crippen LogP contribution in [0.15, 0.2) is 53.1 Å². The molecule has 2 aromatic heterocycles. The van der Waals surface area contributed by atoms with Gasteiger partial charge in [-0.05, 0) is 56.9 Å². The Hall–Kier alpha value is -4.09. The van der Waals surface area contributed by atoms with Crippen LogP contribution in [0.1, 0.15) is 42.9 Å². The van der Waals surface area contributed by atoms with Crippen molar-refractivity contribution >= 4 is 23.5 Å². The van der Waals surface area contributed by atoms with E-state index in [0.29, 0.717) is 24.3 Å². The number of alkyl halides is 3. The van der Waals surface area contributed by atoms with Crippen LogP contribution >= 0.6 is 0 Å².